The Morgan fingerprint density at radius 1 is 1.14 bits per heavy atom. The lowest BCUT2D eigenvalue weighted by molar-refractivity contribution is -0.153. The standard InChI is InChI=1S/C18H30N4O6/c1-12(18(26)28-3)20-16(24)14-10-21(8-9-22(14)15(23)11-27-2)17(25)13-4-6-19-7-5-13/h12-14,19H,4-11H2,1-3H3,(H,20,24). The molecule has 2 saturated heterocycles. The first kappa shape index (κ1) is 22.1. The van der Waals surface area contributed by atoms with E-state index in [2.05, 4.69) is 15.4 Å². The molecule has 2 fully saturated rings. The van der Waals surface area contributed by atoms with E-state index in [1.165, 1.54) is 26.0 Å². The maximum atomic E-state index is 12.9. The average Bonchev–Trinajstić information content (AvgIpc) is 2.72. The lowest BCUT2D eigenvalue weighted by atomic mass is 9.95. The van der Waals surface area contributed by atoms with Crippen LogP contribution in [-0.4, -0.2) is 99.1 Å². The lowest BCUT2D eigenvalue weighted by Crippen LogP contribution is -2.63. The molecule has 0 saturated carbocycles. The Hall–Kier alpha value is -2.20. The molecule has 2 aliphatic heterocycles. The Morgan fingerprint density at radius 3 is 2.43 bits per heavy atom. The molecule has 2 aliphatic rings. The number of nitrogens with zero attached hydrogens (tertiary/aromatic N) is 2. The van der Waals surface area contributed by atoms with Gasteiger partial charge in [0.2, 0.25) is 17.7 Å². The van der Waals surface area contributed by atoms with Crippen LogP contribution in [0.4, 0.5) is 0 Å². The van der Waals surface area contributed by atoms with Gasteiger partial charge in [0, 0.05) is 26.1 Å². The molecular weight excluding hydrogens is 368 g/mol. The van der Waals surface area contributed by atoms with Crippen LogP contribution < -0.4 is 10.6 Å². The van der Waals surface area contributed by atoms with Crippen LogP contribution in [0.15, 0.2) is 0 Å². The molecule has 2 atom stereocenters. The third kappa shape index (κ3) is 5.41. The van der Waals surface area contributed by atoms with E-state index in [4.69, 9.17) is 4.74 Å². The summed E-state index contributed by atoms with van der Waals surface area (Å²) < 4.78 is 9.53. The van der Waals surface area contributed by atoms with Gasteiger partial charge in [-0.1, -0.05) is 0 Å². The van der Waals surface area contributed by atoms with Crippen molar-refractivity contribution >= 4 is 23.7 Å². The minimum atomic E-state index is -0.880. The molecule has 0 aromatic rings. The van der Waals surface area contributed by atoms with E-state index >= 15 is 0 Å². The number of ether oxygens (including phenoxy) is 2. The largest absolute Gasteiger partial charge is 0.467 e. The van der Waals surface area contributed by atoms with Crippen molar-refractivity contribution < 1.29 is 28.7 Å². The average molecular weight is 398 g/mol. The van der Waals surface area contributed by atoms with Crippen LogP contribution in [0.25, 0.3) is 0 Å². The number of nitrogens with one attached hydrogen (secondary N) is 2. The minimum Gasteiger partial charge on any atom is -0.467 e. The van der Waals surface area contributed by atoms with Crippen LogP contribution in [0.3, 0.4) is 0 Å². The Morgan fingerprint density at radius 2 is 1.82 bits per heavy atom. The van der Waals surface area contributed by atoms with Gasteiger partial charge in [0.15, 0.2) is 0 Å². The summed E-state index contributed by atoms with van der Waals surface area (Å²) in [6, 6.07) is -1.73. The van der Waals surface area contributed by atoms with E-state index in [0.29, 0.717) is 6.54 Å². The van der Waals surface area contributed by atoms with Crippen molar-refractivity contribution in [1.82, 2.24) is 20.4 Å². The molecule has 10 heteroatoms. The molecule has 3 amide bonds. The summed E-state index contributed by atoms with van der Waals surface area (Å²) in [5.41, 5.74) is 0. The Balaban J connectivity index is 2.11. The first-order valence-corrected chi connectivity index (χ1v) is 9.55. The molecule has 0 aromatic heterocycles. The van der Waals surface area contributed by atoms with Gasteiger partial charge in [-0.05, 0) is 32.9 Å². The van der Waals surface area contributed by atoms with Gasteiger partial charge in [0.05, 0.1) is 13.7 Å². The lowest BCUT2D eigenvalue weighted by Gasteiger charge is -2.42. The quantitative estimate of drug-likeness (QED) is 0.515. The number of methoxy groups -OCH3 is 2. The monoisotopic (exact) mass is 398 g/mol. The highest BCUT2D eigenvalue weighted by molar-refractivity contribution is 5.92. The number of esters is 1. The molecule has 2 N–H and O–H groups in total. The summed E-state index contributed by atoms with van der Waals surface area (Å²) >= 11 is 0. The molecule has 2 heterocycles. The topological polar surface area (TPSA) is 117 Å². The second kappa shape index (κ2) is 10.4. The number of piperazine rings is 1. The maximum absolute atomic E-state index is 12.9. The smallest absolute Gasteiger partial charge is 0.328 e. The second-order valence-corrected chi connectivity index (χ2v) is 7.10. The predicted molar refractivity (Wildman–Crippen MR) is 99.2 cm³/mol. The van der Waals surface area contributed by atoms with Crippen LogP contribution in [0, 0.1) is 5.92 Å². The summed E-state index contributed by atoms with van der Waals surface area (Å²) in [7, 11) is 2.64. The number of hydrogen-bond donors (Lipinski definition) is 2. The van der Waals surface area contributed by atoms with Gasteiger partial charge in [-0.25, -0.2) is 4.79 Å². The number of hydrogen-bond acceptors (Lipinski definition) is 7. The third-order valence-electron chi connectivity index (χ3n) is 5.18. The second-order valence-electron chi connectivity index (χ2n) is 7.10. The van der Waals surface area contributed by atoms with Crippen molar-refractivity contribution in [3.63, 3.8) is 0 Å². The van der Waals surface area contributed by atoms with Gasteiger partial charge in [0.25, 0.3) is 0 Å². The number of carbonyl (C=O) groups excluding carboxylic acids is 4. The molecule has 0 aromatic carbocycles. The van der Waals surface area contributed by atoms with E-state index < -0.39 is 24.0 Å². The van der Waals surface area contributed by atoms with E-state index in [-0.39, 0.29) is 37.4 Å². The Labute approximate surface area is 164 Å². The van der Waals surface area contributed by atoms with Crippen molar-refractivity contribution in [2.45, 2.75) is 31.8 Å². The van der Waals surface area contributed by atoms with Crippen LogP contribution in [0.1, 0.15) is 19.8 Å². The summed E-state index contributed by atoms with van der Waals surface area (Å²) in [6.45, 7) is 3.65. The highest BCUT2D eigenvalue weighted by atomic mass is 16.5. The van der Waals surface area contributed by atoms with Gasteiger partial charge in [-0.2, -0.15) is 0 Å². The Bertz CT molecular complexity index is 593. The fourth-order valence-electron chi connectivity index (χ4n) is 3.58. The zero-order chi connectivity index (χ0) is 20.7. The van der Waals surface area contributed by atoms with E-state index in [1.807, 2.05) is 0 Å². The third-order valence-corrected chi connectivity index (χ3v) is 5.18. The van der Waals surface area contributed by atoms with Gasteiger partial charge >= 0.3 is 5.97 Å². The number of carbonyl (C=O) groups is 4. The molecule has 0 spiro atoms. The minimum absolute atomic E-state index is 0.0131. The predicted octanol–water partition coefficient (Wildman–Crippen LogP) is -1.65. The molecule has 2 unspecified atom stereocenters. The number of amides is 3. The normalized spacial score (nSPS) is 21.8. The molecule has 0 aliphatic carbocycles. The van der Waals surface area contributed by atoms with Crippen molar-refractivity contribution in [1.29, 1.82) is 0 Å². The molecule has 0 bridgehead atoms. The van der Waals surface area contributed by atoms with Gasteiger partial charge in [-0.3, -0.25) is 14.4 Å². The zero-order valence-electron chi connectivity index (χ0n) is 16.7. The van der Waals surface area contributed by atoms with Crippen LogP contribution in [-0.2, 0) is 28.7 Å². The molecule has 28 heavy (non-hydrogen) atoms. The van der Waals surface area contributed by atoms with Gasteiger partial charge in [-0.15, -0.1) is 0 Å². The molecular formula is C18H30N4O6. The van der Waals surface area contributed by atoms with Crippen LogP contribution in [0.5, 0.6) is 0 Å². The van der Waals surface area contributed by atoms with Crippen molar-refractivity contribution in [2.75, 3.05) is 53.6 Å². The van der Waals surface area contributed by atoms with Gasteiger partial charge in [0.1, 0.15) is 18.7 Å². The summed E-state index contributed by atoms with van der Waals surface area (Å²) in [6.07, 6.45) is 1.52. The maximum Gasteiger partial charge on any atom is 0.328 e. The van der Waals surface area contributed by atoms with E-state index in [9.17, 15) is 19.2 Å². The highest BCUT2D eigenvalue weighted by Crippen LogP contribution is 2.19. The van der Waals surface area contributed by atoms with E-state index in [1.54, 1.807) is 4.90 Å². The van der Waals surface area contributed by atoms with Crippen molar-refractivity contribution in [2.24, 2.45) is 5.92 Å². The molecule has 0 radical (unpaired) electrons. The molecule has 10 nitrogen and oxygen atoms in total. The fraction of sp³-hybridized carbons (Fsp3) is 0.778. The summed E-state index contributed by atoms with van der Waals surface area (Å²) in [4.78, 5) is 52.7. The van der Waals surface area contributed by atoms with Crippen LogP contribution in [0.2, 0.25) is 0 Å². The molecule has 2 rings (SSSR count). The SMILES string of the molecule is COCC(=O)N1CCN(C(=O)C2CCNCC2)CC1C(=O)NC(C)C(=O)OC. The first-order valence-electron chi connectivity index (χ1n) is 9.55. The van der Waals surface area contributed by atoms with Gasteiger partial charge < -0.3 is 29.9 Å². The van der Waals surface area contributed by atoms with Crippen LogP contribution >= 0.6 is 0 Å². The molecule has 158 valence electrons. The number of piperidine rings is 1. The Kier molecular flexibility index (Phi) is 8.18. The first-order chi connectivity index (χ1) is 13.4. The van der Waals surface area contributed by atoms with Crippen molar-refractivity contribution in [3.05, 3.63) is 0 Å². The number of rotatable bonds is 6. The fourth-order valence-corrected chi connectivity index (χ4v) is 3.58. The highest BCUT2D eigenvalue weighted by Gasteiger charge is 2.39. The van der Waals surface area contributed by atoms with Crippen molar-refractivity contribution in [3.8, 4) is 0 Å². The summed E-state index contributed by atoms with van der Waals surface area (Å²) in [5.74, 6) is -1.46. The van der Waals surface area contributed by atoms with E-state index in [0.717, 1.165) is 25.9 Å². The zero-order valence-corrected chi connectivity index (χ0v) is 16.7. The summed E-state index contributed by atoms with van der Waals surface area (Å²) in [5, 5.41) is 5.80.